The molecule has 4 heteroatoms. The fraction of sp³-hybridized carbons (Fsp3) is 0.400. The lowest BCUT2D eigenvalue weighted by Crippen LogP contribution is -2.36. The SMILES string of the molecule is CC(C)c1ccc(OC(N)N)cc1N. The second-order valence-electron chi connectivity index (χ2n) is 3.53. The van der Waals surface area contributed by atoms with Crippen LogP contribution >= 0.6 is 0 Å². The summed E-state index contributed by atoms with van der Waals surface area (Å²) >= 11 is 0. The van der Waals surface area contributed by atoms with Gasteiger partial charge in [-0.2, -0.15) is 0 Å². The first-order valence-electron chi connectivity index (χ1n) is 4.58. The molecule has 0 fully saturated rings. The number of benzene rings is 1. The van der Waals surface area contributed by atoms with Gasteiger partial charge in [0.25, 0.3) is 0 Å². The van der Waals surface area contributed by atoms with Crippen molar-refractivity contribution in [2.45, 2.75) is 26.1 Å². The Bertz CT molecular complexity index is 310. The molecule has 0 saturated heterocycles. The molecule has 0 aromatic heterocycles. The molecular weight excluding hydrogens is 178 g/mol. The van der Waals surface area contributed by atoms with Gasteiger partial charge in [0, 0.05) is 11.8 Å². The first-order valence-corrected chi connectivity index (χ1v) is 4.58. The Morgan fingerprint density at radius 1 is 1.21 bits per heavy atom. The molecule has 0 aliphatic rings. The quantitative estimate of drug-likeness (QED) is 0.495. The van der Waals surface area contributed by atoms with Crippen molar-refractivity contribution in [2.75, 3.05) is 5.73 Å². The lowest BCUT2D eigenvalue weighted by Gasteiger charge is -2.13. The van der Waals surface area contributed by atoms with Crippen molar-refractivity contribution in [2.24, 2.45) is 11.5 Å². The minimum absolute atomic E-state index is 0.399. The summed E-state index contributed by atoms with van der Waals surface area (Å²) in [7, 11) is 0. The van der Waals surface area contributed by atoms with Crippen molar-refractivity contribution in [1.29, 1.82) is 0 Å². The largest absolute Gasteiger partial charge is 0.463 e. The van der Waals surface area contributed by atoms with Crippen molar-refractivity contribution >= 4 is 5.69 Å². The van der Waals surface area contributed by atoms with Gasteiger partial charge in [-0.25, -0.2) is 0 Å². The molecule has 0 bridgehead atoms. The predicted molar refractivity (Wildman–Crippen MR) is 57.7 cm³/mol. The third kappa shape index (κ3) is 2.61. The van der Waals surface area contributed by atoms with E-state index >= 15 is 0 Å². The summed E-state index contributed by atoms with van der Waals surface area (Å²) in [6, 6.07) is 5.48. The summed E-state index contributed by atoms with van der Waals surface area (Å²) in [5.41, 5.74) is 18.2. The van der Waals surface area contributed by atoms with Gasteiger partial charge in [0.1, 0.15) is 5.75 Å². The van der Waals surface area contributed by atoms with Crippen molar-refractivity contribution in [3.63, 3.8) is 0 Å². The molecule has 4 nitrogen and oxygen atoms in total. The van der Waals surface area contributed by atoms with E-state index in [4.69, 9.17) is 21.9 Å². The van der Waals surface area contributed by atoms with Crippen LogP contribution < -0.4 is 21.9 Å². The van der Waals surface area contributed by atoms with E-state index in [1.54, 1.807) is 6.07 Å². The molecule has 0 unspecified atom stereocenters. The Morgan fingerprint density at radius 2 is 1.86 bits per heavy atom. The third-order valence-corrected chi connectivity index (χ3v) is 1.95. The summed E-state index contributed by atoms with van der Waals surface area (Å²) in [6.07, 6.45) is -0.806. The second kappa shape index (κ2) is 4.30. The van der Waals surface area contributed by atoms with Gasteiger partial charge in [-0.15, -0.1) is 0 Å². The summed E-state index contributed by atoms with van der Waals surface area (Å²) < 4.78 is 5.11. The lowest BCUT2D eigenvalue weighted by molar-refractivity contribution is 0.217. The highest BCUT2D eigenvalue weighted by Crippen LogP contribution is 2.25. The van der Waals surface area contributed by atoms with E-state index in [2.05, 4.69) is 13.8 Å². The Morgan fingerprint density at radius 3 is 2.29 bits per heavy atom. The van der Waals surface area contributed by atoms with Crippen LogP contribution in [0.2, 0.25) is 0 Å². The standard InChI is InChI=1S/C10H17N3O/c1-6(2)8-4-3-7(5-9(8)11)14-10(12)13/h3-6,10H,11-13H2,1-2H3. The Labute approximate surface area is 84.0 Å². The molecular formula is C10H17N3O. The first-order chi connectivity index (χ1) is 6.50. The molecule has 0 spiro atoms. The average molecular weight is 195 g/mol. The molecule has 6 N–H and O–H groups in total. The normalized spacial score (nSPS) is 11.0. The van der Waals surface area contributed by atoms with Crippen LogP contribution in [-0.2, 0) is 0 Å². The molecule has 78 valence electrons. The van der Waals surface area contributed by atoms with E-state index in [0.717, 1.165) is 5.56 Å². The van der Waals surface area contributed by atoms with Gasteiger partial charge in [-0.1, -0.05) is 19.9 Å². The highest BCUT2D eigenvalue weighted by atomic mass is 16.5. The summed E-state index contributed by atoms with van der Waals surface area (Å²) in [4.78, 5) is 0. The lowest BCUT2D eigenvalue weighted by atomic mass is 10.0. The summed E-state index contributed by atoms with van der Waals surface area (Å²) in [5, 5.41) is 0. The molecule has 0 aliphatic carbocycles. The Balaban J connectivity index is 2.89. The minimum Gasteiger partial charge on any atom is -0.463 e. The number of hydrogen-bond donors (Lipinski definition) is 3. The van der Waals surface area contributed by atoms with Crippen LogP contribution in [0.3, 0.4) is 0 Å². The maximum atomic E-state index is 5.84. The number of nitrogen functional groups attached to an aromatic ring is 1. The van der Waals surface area contributed by atoms with E-state index in [0.29, 0.717) is 17.4 Å². The molecule has 0 radical (unpaired) electrons. The van der Waals surface area contributed by atoms with E-state index < -0.39 is 6.35 Å². The molecule has 0 amide bonds. The minimum atomic E-state index is -0.806. The zero-order valence-electron chi connectivity index (χ0n) is 8.53. The molecule has 0 atom stereocenters. The fourth-order valence-electron chi connectivity index (χ4n) is 1.31. The van der Waals surface area contributed by atoms with E-state index in [-0.39, 0.29) is 0 Å². The van der Waals surface area contributed by atoms with Crippen LogP contribution in [0.4, 0.5) is 5.69 Å². The zero-order chi connectivity index (χ0) is 10.7. The molecule has 1 aromatic carbocycles. The van der Waals surface area contributed by atoms with Crippen molar-refractivity contribution < 1.29 is 4.74 Å². The molecule has 0 saturated carbocycles. The van der Waals surface area contributed by atoms with Crippen LogP contribution in [0.25, 0.3) is 0 Å². The number of rotatable bonds is 3. The van der Waals surface area contributed by atoms with Crippen LogP contribution in [-0.4, -0.2) is 6.35 Å². The third-order valence-electron chi connectivity index (χ3n) is 1.95. The number of anilines is 1. The predicted octanol–water partition coefficient (Wildman–Crippen LogP) is 0.972. The number of ether oxygens (including phenoxy) is 1. The highest BCUT2D eigenvalue weighted by Gasteiger charge is 2.06. The maximum absolute atomic E-state index is 5.84. The van der Waals surface area contributed by atoms with Gasteiger partial charge >= 0.3 is 0 Å². The van der Waals surface area contributed by atoms with Crippen LogP contribution in [0.1, 0.15) is 25.3 Å². The van der Waals surface area contributed by atoms with Crippen LogP contribution in [0.15, 0.2) is 18.2 Å². The first kappa shape index (κ1) is 10.8. The van der Waals surface area contributed by atoms with Gasteiger partial charge in [0.2, 0.25) is 6.35 Å². The molecule has 0 heterocycles. The van der Waals surface area contributed by atoms with Crippen molar-refractivity contribution in [1.82, 2.24) is 0 Å². The summed E-state index contributed by atoms with van der Waals surface area (Å²) in [6.45, 7) is 4.17. The van der Waals surface area contributed by atoms with Crippen molar-refractivity contribution in [3.05, 3.63) is 23.8 Å². The van der Waals surface area contributed by atoms with E-state index in [1.807, 2.05) is 12.1 Å². The molecule has 1 rings (SSSR count). The van der Waals surface area contributed by atoms with E-state index in [1.165, 1.54) is 0 Å². The van der Waals surface area contributed by atoms with Crippen LogP contribution in [0, 0.1) is 0 Å². The fourth-order valence-corrected chi connectivity index (χ4v) is 1.31. The Kier molecular flexibility index (Phi) is 3.33. The molecule has 14 heavy (non-hydrogen) atoms. The highest BCUT2D eigenvalue weighted by molar-refractivity contribution is 5.52. The molecule has 1 aromatic rings. The zero-order valence-corrected chi connectivity index (χ0v) is 8.53. The van der Waals surface area contributed by atoms with Gasteiger partial charge < -0.3 is 10.5 Å². The van der Waals surface area contributed by atoms with Crippen LogP contribution in [0.5, 0.6) is 5.75 Å². The smallest absolute Gasteiger partial charge is 0.201 e. The average Bonchev–Trinajstić information content (AvgIpc) is 2.01. The van der Waals surface area contributed by atoms with Gasteiger partial charge in [-0.3, -0.25) is 11.5 Å². The monoisotopic (exact) mass is 195 g/mol. The Hall–Kier alpha value is -1.26. The topological polar surface area (TPSA) is 87.3 Å². The summed E-state index contributed by atoms with van der Waals surface area (Å²) in [5.74, 6) is 0.998. The van der Waals surface area contributed by atoms with Crippen molar-refractivity contribution in [3.8, 4) is 5.75 Å². The second-order valence-corrected chi connectivity index (χ2v) is 3.53. The number of hydrogen-bond acceptors (Lipinski definition) is 4. The van der Waals surface area contributed by atoms with Gasteiger partial charge in [-0.05, 0) is 17.5 Å². The van der Waals surface area contributed by atoms with Gasteiger partial charge in [0.05, 0.1) is 0 Å². The maximum Gasteiger partial charge on any atom is 0.201 e. The van der Waals surface area contributed by atoms with Gasteiger partial charge in [0.15, 0.2) is 0 Å². The number of nitrogens with two attached hydrogens (primary N) is 3. The molecule has 0 aliphatic heterocycles. The van der Waals surface area contributed by atoms with E-state index in [9.17, 15) is 0 Å².